The van der Waals surface area contributed by atoms with Gasteiger partial charge in [-0.1, -0.05) is 38.1 Å². The van der Waals surface area contributed by atoms with E-state index in [-0.39, 0.29) is 0 Å². The van der Waals surface area contributed by atoms with Gasteiger partial charge in [0.1, 0.15) is 12.4 Å². The second kappa shape index (κ2) is 6.25. The predicted octanol–water partition coefficient (Wildman–Crippen LogP) is 4.57. The molecule has 0 fully saturated rings. The highest BCUT2D eigenvalue weighted by atomic mass is 16.5. The summed E-state index contributed by atoms with van der Waals surface area (Å²) in [6.45, 7) is 6.87. The van der Waals surface area contributed by atoms with Crippen LogP contribution in [0.3, 0.4) is 0 Å². The van der Waals surface area contributed by atoms with Gasteiger partial charge in [0.15, 0.2) is 0 Å². The Morgan fingerprint density at radius 2 is 1.95 bits per heavy atom. The lowest BCUT2D eigenvalue weighted by Crippen LogP contribution is -1.99. The van der Waals surface area contributed by atoms with Crippen LogP contribution in [-0.2, 0) is 6.61 Å². The summed E-state index contributed by atoms with van der Waals surface area (Å²) < 4.78 is 5.90. The molecule has 2 aromatic rings. The lowest BCUT2D eigenvalue weighted by Gasteiger charge is -2.13. The van der Waals surface area contributed by atoms with Gasteiger partial charge in [0.05, 0.1) is 11.6 Å². The third-order valence-electron chi connectivity index (χ3n) is 3.33. The standard InChI is InChI=1S/C18H19NO/c1-13(2)17-8-7-14(3)18(10-17)20-12-16-6-4-5-15(9-16)11-19/h4-10,13H,12H2,1-3H3. The van der Waals surface area contributed by atoms with E-state index in [1.54, 1.807) is 6.07 Å². The van der Waals surface area contributed by atoms with E-state index in [2.05, 4.69) is 38.1 Å². The first-order chi connectivity index (χ1) is 9.60. The van der Waals surface area contributed by atoms with Crippen molar-refractivity contribution in [1.29, 1.82) is 5.26 Å². The minimum atomic E-state index is 0.484. The molecule has 0 spiro atoms. The van der Waals surface area contributed by atoms with Gasteiger partial charge in [0.25, 0.3) is 0 Å². The van der Waals surface area contributed by atoms with E-state index in [0.717, 1.165) is 16.9 Å². The van der Waals surface area contributed by atoms with Crippen molar-refractivity contribution in [2.75, 3.05) is 0 Å². The average Bonchev–Trinajstić information content (AvgIpc) is 2.46. The number of hydrogen-bond donors (Lipinski definition) is 0. The summed E-state index contributed by atoms with van der Waals surface area (Å²) in [5.41, 5.74) is 4.08. The quantitative estimate of drug-likeness (QED) is 0.811. The summed E-state index contributed by atoms with van der Waals surface area (Å²) in [6.07, 6.45) is 0. The second-order valence-corrected chi connectivity index (χ2v) is 5.28. The normalized spacial score (nSPS) is 10.3. The predicted molar refractivity (Wildman–Crippen MR) is 80.8 cm³/mol. The van der Waals surface area contributed by atoms with Gasteiger partial charge < -0.3 is 4.74 Å². The van der Waals surface area contributed by atoms with Crippen molar-refractivity contribution >= 4 is 0 Å². The first-order valence-corrected chi connectivity index (χ1v) is 6.82. The maximum absolute atomic E-state index is 8.90. The molecule has 20 heavy (non-hydrogen) atoms. The van der Waals surface area contributed by atoms with Crippen molar-refractivity contribution in [2.24, 2.45) is 0 Å². The maximum Gasteiger partial charge on any atom is 0.122 e. The Bertz CT molecular complexity index is 638. The van der Waals surface area contributed by atoms with Crippen molar-refractivity contribution in [3.63, 3.8) is 0 Å². The van der Waals surface area contributed by atoms with Crippen LogP contribution in [0.25, 0.3) is 0 Å². The number of benzene rings is 2. The van der Waals surface area contributed by atoms with Gasteiger partial charge in [0, 0.05) is 0 Å². The number of ether oxygens (including phenoxy) is 1. The minimum absolute atomic E-state index is 0.484. The van der Waals surface area contributed by atoms with E-state index in [1.165, 1.54) is 5.56 Å². The lowest BCUT2D eigenvalue weighted by atomic mass is 10.0. The number of nitriles is 1. The minimum Gasteiger partial charge on any atom is -0.489 e. The first-order valence-electron chi connectivity index (χ1n) is 6.82. The Kier molecular flexibility index (Phi) is 4.42. The van der Waals surface area contributed by atoms with Crippen molar-refractivity contribution in [3.8, 4) is 11.8 Å². The fourth-order valence-electron chi connectivity index (χ4n) is 2.02. The van der Waals surface area contributed by atoms with Crippen LogP contribution in [0.1, 0.15) is 42.0 Å². The van der Waals surface area contributed by atoms with E-state index in [0.29, 0.717) is 18.1 Å². The van der Waals surface area contributed by atoms with Crippen LogP contribution in [0.15, 0.2) is 42.5 Å². The second-order valence-electron chi connectivity index (χ2n) is 5.28. The monoisotopic (exact) mass is 265 g/mol. The van der Waals surface area contributed by atoms with Crippen molar-refractivity contribution in [1.82, 2.24) is 0 Å². The Morgan fingerprint density at radius 1 is 1.15 bits per heavy atom. The smallest absolute Gasteiger partial charge is 0.122 e. The van der Waals surface area contributed by atoms with Gasteiger partial charge in [-0.3, -0.25) is 0 Å². The molecular formula is C18H19NO. The Balaban J connectivity index is 2.14. The molecule has 0 saturated carbocycles. The van der Waals surface area contributed by atoms with Gasteiger partial charge in [-0.2, -0.15) is 5.26 Å². The van der Waals surface area contributed by atoms with Gasteiger partial charge in [-0.15, -0.1) is 0 Å². The summed E-state index contributed by atoms with van der Waals surface area (Å²) in [7, 11) is 0. The van der Waals surface area contributed by atoms with E-state index < -0.39 is 0 Å². The van der Waals surface area contributed by atoms with Crippen molar-refractivity contribution in [2.45, 2.75) is 33.3 Å². The van der Waals surface area contributed by atoms with Crippen LogP contribution < -0.4 is 4.74 Å². The third kappa shape index (κ3) is 3.39. The molecule has 0 radical (unpaired) electrons. The van der Waals surface area contributed by atoms with Gasteiger partial charge in [-0.25, -0.2) is 0 Å². The molecule has 2 rings (SSSR count). The molecule has 0 saturated heterocycles. The highest BCUT2D eigenvalue weighted by Gasteiger charge is 2.05. The topological polar surface area (TPSA) is 33.0 Å². The van der Waals surface area contributed by atoms with Gasteiger partial charge >= 0.3 is 0 Å². The molecule has 2 nitrogen and oxygen atoms in total. The third-order valence-corrected chi connectivity index (χ3v) is 3.33. The molecule has 0 unspecified atom stereocenters. The Labute approximate surface area is 120 Å². The summed E-state index contributed by atoms with van der Waals surface area (Å²) >= 11 is 0. The van der Waals surface area contributed by atoms with Crippen LogP contribution in [0, 0.1) is 18.3 Å². The van der Waals surface area contributed by atoms with E-state index in [4.69, 9.17) is 10.00 Å². The van der Waals surface area contributed by atoms with Crippen LogP contribution >= 0.6 is 0 Å². The maximum atomic E-state index is 8.90. The average molecular weight is 265 g/mol. The molecular weight excluding hydrogens is 246 g/mol. The Hall–Kier alpha value is -2.27. The molecule has 2 heteroatoms. The summed E-state index contributed by atoms with van der Waals surface area (Å²) in [4.78, 5) is 0. The van der Waals surface area contributed by atoms with Crippen LogP contribution in [0.4, 0.5) is 0 Å². The zero-order valence-corrected chi connectivity index (χ0v) is 12.2. The molecule has 2 aromatic carbocycles. The fourth-order valence-corrected chi connectivity index (χ4v) is 2.02. The molecule has 0 aliphatic rings. The number of aryl methyl sites for hydroxylation is 1. The Morgan fingerprint density at radius 3 is 2.65 bits per heavy atom. The molecule has 0 aliphatic carbocycles. The van der Waals surface area contributed by atoms with Crippen LogP contribution in [0.5, 0.6) is 5.75 Å². The van der Waals surface area contributed by atoms with Crippen LogP contribution in [0.2, 0.25) is 0 Å². The summed E-state index contributed by atoms with van der Waals surface area (Å²) in [5, 5.41) is 8.90. The highest BCUT2D eigenvalue weighted by Crippen LogP contribution is 2.25. The zero-order valence-electron chi connectivity index (χ0n) is 12.2. The number of hydrogen-bond acceptors (Lipinski definition) is 2. The molecule has 0 bridgehead atoms. The van der Waals surface area contributed by atoms with E-state index in [1.807, 2.05) is 25.1 Å². The lowest BCUT2D eigenvalue weighted by molar-refractivity contribution is 0.303. The van der Waals surface area contributed by atoms with Crippen LogP contribution in [-0.4, -0.2) is 0 Å². The first kappa shape index (κ1) is 14.1. The SMILES string of the molecule is Cc1ccc(C(C)C)cc1OCc1cccc(C#N)c1. The highest BCUT2D eigenvalue weighted by molar-refractivity contribution is 5.38. The molecule has 0 aliphatic heterocycles. The molecule has 0 amide bonds. The zero-order chi connectivity index (χ0) is 14.5. The largest absolute Gasteiger partial charge is 0.489 e. The van der Waals surface area contributed by atoms with Gasteiger partial charge in [0.2, 0.25) is 0 Å². The number of rotatable bonds is 4. The molecule has 102 valence electrons. The molecule has 0 heterocycles. The molecule has 0 aromatic heterocycles. The van der Waals surface area contributed by atoms with Crippen molar-refractivity contribution < 1.29 is 4.74 Å². The summed E-state index contributed by atoms with van der Waals surface area (Å²) in [5.74, 6) is 1.40. The van der Waals surface area contributed by atoms with E-state index >= 15 is 0 Å². The molecule has 0 atom stereocenters. The van der Waals surface area contributed by atoms with Crippen molar-refractivity contribution in [3.05, 3.63) is 64.7 Å². The van der Waals surface area contributed by atoms with Gasteiger partial charge in [-0.05, 0) is 47.7 Å². The fraction of sp³-hybridized carbons (Fsp3) is 0.278. The summed E-state index contributed by atoms with van der Waals surface area (Å²) in [6, 6.07) is 16.0. The number of nitrogens with zero attached hydrogens (tertiary/aromatic N) is 1. The van der Waals surface area contributed by atoms with E-state index in [9.17, 15) is 0 Å². The molecule has 0 N–H and O–H groups in total.